The Morgan fingerprint density at radius 1 is 0.973 bits per heavy atom. The standard InChI is InChI=1S/C25H19N7O3S2/c1-2-26-25(35)31-18-11-15(22-30-17(13-36-22)14-7-4-3-5-8-14)16(12-29-18)23-32-19(20(37-23)24(33)34)21-27-9-6-10-28-21/h3-13H,2H2,1H3,(H,33,34)(H2,26,29,31,35). The van der Waals surface area contributed by atoms with Gasteiger partial charge >= 0.3 is 12.0 Å². The first-order valence-electron chi connectivity index (χ1n) is 11.1. The Morgan fingerprint density at radius 3 is 2.49 bits per heavy atom. The van der Waals surface area contributed by atoms with Crippen molar-refractivity contribution in [1.29, 1.82) is 0 Å². The van der Waals surface area contributed by atoms with Crippen LogP contribution >= 0.6 is 22.7 Å². The van der Waals surface area contributed by atoms with E-state index in [4.69, 9.17) is 4.98 Å². The summed E-state index contributed by atoms with van der Waals surface area (Å²) in [6.45, 7) is 2.28. The summed E-state index contributed by atoms with van der Waals surface area (Å²) < 4.78 is 0. The summed E-state index contributed by atoms with van der Waals surface area (Å²) in [4.78, 5) is 46.3. The van der Waals surface area contributed by atoms with Crippen molar-refractivity contribution < 1.29 is 14.7 Å². The van der Waals surface area contributed by atoms with Crippen LogP contribution in [0.15, 0.2) is 66.4 Å². The van der Waals surface area contributed by atoms with Crippen LogP contribution in [0.4, 0.5) is 10.6 Å². The third-order valence-corrected chi connectivity index (χ3v) is 7.07. The smallest absolute Gasteiger partial charge is 0.348 e. The summed E-state index contributed by atoms with van der Waals surface area (Å²) in [5.74, 6) is -0.592. The molecule has 12 heteroatoms. The van der Waals surface area contributed by atoms with Crippen molar-refractivity contribution in [3.05, 3.63) is 71.3 Å². The van der Waals surface area contributed by atoms with Crippen molar-refractivity contribution in [1.82, 2.24) is 30.2 Å². The SMILES string of the molecule is CCNC(=O)Nc1cc(-c2nc(-c3ccccc3)cs2)c(-c2nc(-c3ncccn3)c(C(=O)O)s2)cn1. The molecule has 0 atom stereocenters. The van der Waals surface area contributed by atoms with Gasteiger partial charge in [0.2, 0.25) is 0 Å². The van der Waals surface area contributed by atoms with Crippen LogP contribution in [0, 0.1) is 0 Å². The van der Waals surface area contributed by atoms with Gasteiger partial charge in [0.1, 0.15) is 26.4 Å². The van der Waals surface area contributed by atoms with Gasteiger partial charge < -0.3 is 10.4 Å². The normalized spacial score (nSPS) is 10.7. The maximum atomic E-state index is 12.1. The number of carbonyl (C=O) groups is 2. The fourth-order valence-corrected chi connectivity index (χ4v) is 5.27. The van der Waals surface area contributed by atoms with Crippen molar-refractivity contribution in [2.75, 3.05) is 11.9 Å². The largest absolute Gasteiger partial charge is 0.477 e. The maximum Gasteiger partial charge on any atom is 0.348 e. The van der Waals surface area contributed by atoms with Gasteiger partial charge in [0.05, 0.1) is 5.69 Å². The van der Waals surface area contributed by atoms with Crippen LogP contribution in [0.5, 0.6) is 0 Å². The number of pyridine rings is 1. The number of carbonyl (C=O) groups excluding carboxylic acids is 1. The summed E-state index contributed by atoms with van der Waals surface area (Å²) >= 11 is 2.43. The zero-order valence-electron chi connectivity index (χ0n) is 19.4. The number of hydrogen-bond donors (Lipinski definition) is 3. The van der Waals surface area contributed by atoms with Crippen LogP contribution in [0.3, 0.4) is 0 Å². The second-order valence-electron chi connectivity index (χ2n) is 7.58. The molecule has 0 fully saturated rings. The van der Waals surface area contributed by atoms with Crippen molar-refractivity contribution in [3.63, 3.8) is 0 Å². The fraction of sp³-hybridized carbons (Fsp3) is 0.0800. The number of rotatable bonds is 7. The van der Waals surface area contributed by atoms with E-state index in [1.165, 1.54) is 23.7 Å². The molecule has 4 aromatic heterocycles. The molecular formula is C25H19N7O3S2. The van der Waals surface area contributed by atoms with E-state index in [0.29, 0.717) is 33.5 Å². The van der Waals surface area contributed by atoms with Gasteiger partial charge in [-0.15, -0.1) is 22.7 Å². The summed E-state index contributed by atoms with van der Waals surface area (Å²) in [7, 11) is 0. The van der Waals surface area contributed by atoms with E-state index in [0.717, 1.165) is 22.6 Å². The molecule has 0 aliphatic carbocycles. The molecule has 10 nitrogen and oxygen atoms in total. The molecule has 0 radical (unpaired) electrons. The minimum atomic E-state index is -1.13. The number of hydrogen-bond acceptors (Lipinski definition) is 9. The number of amides is 2. The van der Waals surface area contributed by atoms with Crippen molar-refractivity contribution in [3.8, 4) is 43.9 Å². The molecule has 5 rings (SSSR count). The number of aromatic nitrogens is 5. The zero-order chi connectivity index (χ0) is 25.8. The molecule has 3 N–H and O–H groups in total. The first-order chi connectivity index (χ1) is 18.0. The number of carboxylic acids is 1. The number of anilines is 1. The van der Waals surface area contributed by atoms with Gasteiger partial charge in [-0.3, -0.25) is 5.32 Å². The van der Waals surface area contributed by atoms with Crippen LogP contribution in [-0.2, 0) is 0 Å². The van der Waals surface area contributed by atoms with E-state index in [1.54, 1.807) is 18.3 Å². The lowest BCUT2D eigenvalue weighted by Crippen LogP contribution is -2.28. The lowest BCUT2D eigenvalue weighted by Gasteiger charge is -2.09. The second-order valence-corrected chi connectivity index (χ2v) is 9.43. The van der Waals surface area contributed by atoms with Crippen molar-refractivity contribution >= 4 is 40.5 Å². The Hall–Kier alpha value is -4.55. The van der Waals surface area contributed by atoms with Gasteiger partial charge in [-0.2, -0.15) is 0 Å². The second kappa shape index (κ2) is 10.6. The Balaban J connectivity index is 1.63. The molecule has 184 valence electrons. The Morgan fingerprint density at radius 2 is 1.76 bits per heavy atom. The number of carboxylic acid groups (broad SMARTS) is 1. The van der Waals surface area contributed by atoms with Gasteiger partial charge in [-0.25, -0.2) is 34.5 Å². The molecule has 1 aromatic carbocycles. The highest BCUT2D eigenvalue weighted by atomic mass is 32.1. The van der Waals surface area contributed by atoms with E-state index >= 15 is 0 Å². The first kappa shape index (κ1) is 24.2. The molecule has 0 bridgehead atoms. The highest BCUT2D eigenvalue weighted by Gasteiger charge is 2.24. The lowest BCUT2D eigenvalue weighted by atomic mass is 10.1. The molecular weight excluding hydrogens is 510 g/mol. The Kier molecular flexibility index (Phi) is 6.92. The van der Waals surface area contributed by atoms with Gasteiger partial charge in [0.15, 0.2) is 5.82 Å². The number of thiazole rings is 2. The monoisotopic (exact) mass is 529 g/mol. The zero-order valence-corrected chi connectivity index (χ0v) is 21.0. The molecule has 2 amide bonds. The fourth-order valence-electron chi connectivity index (χ4n) is 3.48. The van der Waals surface area contributed by atoms with Crippen molar-refractivity contribution in [2.24, 2.45) is 0 Å². The Bertz CT molecular complexity index is 1570. The minimum Gasteiger partial charge on any atom is -0.477 e. The predicted octanol–water partition coefficient (Wildman–Crippen LogP) is 5.29. The van der Waals surface area contributed by atoms with Crippen LogP contribution in [0.25, 0.3) is 43.9 Å². The molecule has 5 aromatic rings. The summed E-state index contributed by atoms with van der Waals surface area (Å²) in [6, 6.07) is 12.7. The average molecular weight is 530 g/mol. The van der Waals surface area contributed by atoms with Crippen LogP contribution < -0.4 is 10.6 Å². The summed E-state index contributed by atoms with van der Waals surface area (Å²) in [6.07, 6.45) is 4.62. The van der Waals surface area contributed by atoms with E-state index in [1.807, 2.05) is 42.6 Å². The molecule has 4 heterocycles. The number of nitrogens with one attached hydrogen (secondary N) is 2. The van der Waals surface area contributed by atoms with Gasteiger partial charge in [-0.05, 0) is 19.1 Å². The Labute approximate surface area is 219 Å². The molecule has 0 spiro atoms. The molecule has 0 aliphatic heterocycles. The number of nitrogens with zero attached hydrogens (tertiary/aromatic N) is 5. The summed E-state index contributed by atoms with van der Waals surface area (Å²) in [5, 5.41) is 18.3. The quantitative estimate of drug-likeness (QED) is 0.258. The minimum absolute atomic E-state index is 0.0146. The highest BCUT2D eigenvalue weighted by Crippen LogP contribution is 2.40. The van der Waals surface area contributed by atoms with E-state index in [9.17, 15) is 14.7 Å². The van der Waals surface area contributed by atoms with Crippen LogP contribution in [0.1, 0.15) is 16.6 Å². The molecule has 0 aliphatic rings. The van der Waals surface area contributed by atoms with Crippen LogP contribution in [-0.4, -0.2) is 48.6 Å². The van der Waals surface area contributed by atoms with E-state index in [-0.39, 0.29) is 22.4 Å². The molecule has 0 saturated heterocycles. The van der Waals surface area contributed by atoms with Crippen LogP contribution in [0.2, 0.25) is 0 Å². The topological polar surface area (TPSA) is 143 Å². The third-order valence-electron chi connectivity index (χ3n) is 5.12. The summed E-state index contributed by atoms with van der Waals surface area (Å²) in [5.41, 5.74) is 3.16. The number of urea groups is 1. The van der Waals surface area contributed by atoms with Gasteiger partial charge in [-0.1, -0.05) is 30.3 Å². The number of aromatic carboxylic acids is 1. The van der Waals surface area contributed by atoms with Gasteiger partial charge in [0.25, 0.3) is 0 Å². The molecule has 37 heavy (non-hydrogen) atoms. The van der Waals surface area contributed by atoms with E-state index < -0.39 is 5.97 Å². The third kappa shape index (κ3) is 5.20. The molecule has 0 unspecified atom stereocenters. The lowest BCUT2D eigenvalue weighted by molar-refractivity contribution is 0.0702. The maximum absolute atomic E-state index is 12.1. The van der Waals surface area contributed by atoms with Crippen molar-refractivity contribution in [2.45, 2.75) is 6.92 Å². The molecule has 0 saturated carbocycles. The predicted molar refractivity (Wildman–Crippen MR) is 143 cm³/mol. The van der Waals surface area contributed by atoms with E-state index in [2.05, 4.69) is 30.6 Å². The van der Waals surface area contributed by atoms with Gasteiger partial charge in [0, 0.05) is 47.2 Å². The average Bonchev–Trinajstić information content (AvgIpc) is 3.58. The highest BCUT2D eigenvalue weighted by molar-refractivity contribution is 7.17. The first-order valence-corrected chi connectivity index (χ1v) is 12.8. The number of benzene rings is 1.